The fourth-order valence-electron chi connectivity index (χ4n) is 3.81. The number of benzene rings is 3. The average Bonchev–Trinajstić information content (AvgIpc) is 3.13. The van der Waals surface area contributed by atoms with Crippen LogP contribution in [0.15, 0.2) is 42.6 Å². The Kier molecular flexibility index (Phi) is 3.13. The fraction of sp³-hybridized carbons (Fsp3) is 0.190. The van der Waals surface area contributed by atoms with E-state index < -0.39 is 0 Å². The normalized spacial score (nSPS) is 13.0. The molecule has 5 heteroatoms. The zero-order chi connectivity index (χ0) is 17.8. The van der Waals surface area contributed by atoms with Gasteiger partial charge in [0.2, 0.25) is 12.3 Å². The van der Waals surface area contributed by atoms with E-state index in [1.807, 2.05) is 24.4 Å². The maximum atomic E-state index is 10.6. The molecule has 1 N–H and O–H groups in total. The molecular formula is C21H18NO4+. The molecule has 0 bridgehead atoms. The highest BCUT2D eigenvalue weighted by Crippen LogP contribution is 2.41. The Labute approximate surface area is 149 Å². The fourth-order valence-corrected chi connectivity index (χ4v) is 3.81. The molecule has 2 heterocycles. The van der Waals surface area contributed by atoms with Gasteiger partial charge in [0.25, 0.3) is 0 Å². The lowest BCUT2D eigenvalue weighted by atomic mass is 10.00. The number of pyridine rings is 1. The molecule has 0 spiro atoms. The molecule has 1 aromatic heterocycles. The van der Waals surface area contributed by atoms with Crippen molar-refractivity contribution >= 4 is 32.4 Å². The van der Waals surface area contributed by atoms with E-state index in [1.54, 1.807) is 13.2 Å². The third-order valence-electron chi connectivity index (χ3n) is 5.09. The van der Waals surface area contributed by atoms with Crippen molar-refractivity contribution in [1.82, 2.24) is 0 Å². The number of hydrogen-bond acceptors (Lipinski definition) is 4. The summed E-state index contributed by atoms with van der Waals surface area (Å²) >= 11 is 0. The lowest BCUT2D eigenvalue weighted by Crippen LogP contribution is -2.33. The SMILES string of the molecule is CC[n+]1cc2c(O)c(OC)ccc2c2ccc3cc4c(cc3c21)OCO4. The van der Waals surface area contributed by atoms with Crippen molar-refractivity contribution in [3.05, 3.63) is 42.6 Å². The molecule has 1 aliphatic heterocycles. The van der Waals surface area contributed by atoms with E-state index in [1.165, 1.54) is 0 Å². The van der Waals surface area contributed by atoms with Gasteiger partial charge in [-0.25, -0.2) is 0 Å². The third-order valence-corrected chi connectivity index (χ3v) is 5.09. The Balaban J connectivity index is 1.97. The molecule has 0 radical (unpaired) electrons. The van der Waals surface area contributed by atoms with Crippen LogP contribution in [0.25, 0.3) is 32.4 Å². The van der Waals surface area contributed by atoms with E-state index in [-0.39, 0.29) is 12.5 Å². The van der Waals surface area contributed by atoms with Crippen molar-refractivity contribution in [2.45, 2.75) is 13.5 Å². The molecule has 5 nitrogen and oxygen atoms in total. The number of methoxy groups -OCH3 is 1. The molecule has 3 aromatic carbocycles. The van der Waals surface area contributed by atoms with Crippen molar-refractivity contribution in [3.8, 4) is 23.0 Å². The van der Waals surface area contributed by atoms with Crippen LogP contribution >= 0.6 is 0 Å². The van der Waals surface area contributed by atoms with Crippen molar-refractivity contribution in [1.29, 1.82) is 0 Å². The van der Waals surface area contributed by atoms with Crippen molar-refractivity contribution in [3.63, 3.8) is 0 Å². The lowest BCUT2D eigenvalue weighted by Gasteiger charge is -2.11. The maximum Gasteiger partial charge on any atom is 0.231 e. The highest BCUT2D eigenvalue weighted by molar-refractivity contribution is 6.15. The number of phenolic OH excluding ortho intramolecular Hbond substituents is 1. The molecule has 0 saturated heterocycles. The number of nitrogens with zero attached hydrogens (tertiary/aromatic N) is 1. The van der Waals surface area contributed by atoms with E-state index in [0.717, 1.165) is 50.5 Å². The molecule has 26 heavy (non-hydrogen) atoms. The van der Waals surface area contributed by atoms with Crippen LogP contribution in [0.4, 0.5) is 0 Å². The summed E-state index contributed by atoms with van der Waals surface area (Å²) in [5.41, 5.74) is 1.11. The molecule has 0 atom stereocenters. The van der Waals surface area contributed by atoms with E-state index in [4.69, 9.17) is 14.2 Å². The molecule has 1 aliphatic rings. The van der Waals surface area contributed by atoms with Crippen LogP contribution in [0.2, 0.25) is 0 Å². The van der Waals surface area contributed by atoms with Crippen LogP contribution in [0.5, 0.6) is 23.0 Å². The van der Waals surface area contributed by atoms with Gasteiger partial charge in [0.15, 0.2) is 29.2 Å². The summed E-state index contributed by atoms with van der Waals surface area (Å²) in [6.45, 7) is 3.12. The van der Waals surface area contributed by atoms with Crippen LogP contribution in [0.1, 0.15) is 6.92 Å². The molecular weight excluding hydrogens is 330 g/mol. The van der Waals surface area contributed by atoms with Gasteiger partial charge in [-0.05, 0) is 42.6 Å². The Morgan fingerprint density at radius 3 is 2.54 bits per heavy atom. The van der Waals surface area contributed by atoms with Crippen LogP contribution < -0.4 is 18.8 Å². The zero-order valence-corrected chi connectivity index (χ0v) is 14.6. The molecule has 130 valence electrons. The molecule has 0 saturated carbocycles. The quantitative estimate of drug-likeness (QED) is 0.441. The number of rotatable bonds is 2. The van der Waals surface area contributed by atoms with Crippen LogP contribution in [0, 0.1) is 0 Å². The minimum atomic E-state index is 0.167. The van der Waals surface area contributed by atoms with Gasteiger partial charge in [0.1, 0.15) is 6.54 Å². The highest BCUT2D eigenvalue weighted by Gasteiger charge is 2.22. The summed E-state index contributed by atoms with van der Waals surface area (Å²) in [4.78, 5) is 0. The van der Waals surface area contributed by atoms with E-state index in [2.05, 4.69) is 23.6 Å². The van der Waals surface area contributed by atoms with Crippen LogP contribution in [0.3, 0.4) is 0 Å². The van der Waals surface area contributed by atoms with Crippen molar-refractivity contribution < 1.29 is 23.9 Å². The molecule has 4 aromatic rings. The average molecular weight is 348 g/mol. The molecule has 0 aliphatic carbocycles. The van der Waals surface area contributed by atoms with Gasteiger partial charge in [-0.2, -0.15) is 4.57 Å². The topological polar surface area (TPSA) is 51.8 Å². The second-order valence-electron chi connectivity index (χ2n) is 6.38. The van der Waals surface area contributed by atoms with E-state index in [9.17, 15) is 5.11 Å². The Morgan fingerprint density at radius 1 is 1.00 bits per heavy atom. The number of phenols is 1. The summed E-state index contributed by atoms with van der Waals surface area (Å²) in [5, 5.41) is 15.6. The number of aromatic nitrogens is 1. The Bertz CT molecular complexity index is 1200. The Hall–Kier alpha value is -3.21. The summed E-state index contributed by atoms with van der Waals surface area (Å²) in [7, 11) is 1.56. The van der Waals surface area contributed by atoms with Gasteiger partial charge in [0.05, 0.1) is 23.3 Å². The monoisotopic (exact) mass is 348 g/mol. The van der Waals surface area contributed by atoms with Gasteiger partial charge in [-0.3, -0.25) is 0 Å². The molecule has 5 rings (SSSR count). The molecule has 0 amide bonds. The largest absolute Gasteiger partial charge is 0.504 e. The first kappa shape index (κ1) is 15.1. The summed E-state index contributed by atoms with van der Waals surface area (Å²) < 4.78 is 18.5. The third kappa shape index (κ3) is 1.94. The van der Waals surface area contributed by atoms with Gasteiger partial charge in [-0.15, -0.1) is 0 Å². The van der Waals surface area contributed by atoms with E-state index >= 15 is 0 Å². The number of ether oxygens (including phenoxy) is 3. The first-order chi connectivity index (χ1) is 12.7. The van der Waals surface area contributed by atoms with Gasteiger partial charge in [-0.1, -0.05) is 6.07 Å². The zero-order valence-electron chi connectivity index (χ0n) is 14.6. The number of aromatic hydroxyl groups is 1. The molecule has 0 unspecified atom stereocenters. The first-order valence-corrected chi connectivity index (χ1v) is 8.59. The maximum absolute atomic E-state index is 10.6. The summed E-state index contributed by atoms with van der Waals surface area (Å²) in [5.74, 6) is 2.19. The number of hydrogen-bond donors (Lipinski definition) is 1. The van der Waals surface area contributed by atoms with Gasteiger partial charge >= 0.3 is 0 Å². The van der Waals surface area contributed by atoms with Crippen molar-refractivity contribution in [2.24, 2.45) is 0 Å². The van der Waals surface area contributed by atoms with Gasteiger partial charge in [0, 0.05) is 5.39 Å². The predicted molar refractivity (Wildman–Crippen MR) is 99.2 cm³/mol. The number of fused-ring (bicyclic) bond motifs is 6. The lowest BCUT2D eigenvalue weighted by molar-refractivity contribution is -0.665. The molecule has 0 fully saturated rings. The smallest absolute Gasteiger partial charge is 0.231 e. The minimum Gasteiger partial charge on any atom is -0.504 e. The first-order valence-electron chi connectivity index (χ1n) is 8.59. The van der Waals surface area contributed by atoms with E-state index in [0.29, 0.717) is 5.75 Å². The second kappa shape index (κ2) is 5.39. The second-order valence-corrected chi connectivity index (χ2v) is 6.38. The van der Waals surface area contributed by atoms with Crippen LogP contribution in [-0.2, 0) is 6.54 Å². The Morgan fingerprint density at radius 2 is 1.77 bits per heavy atom. The summed E-state index contributed by atoms with van der Waals surface area (Å²) in [6.07, 6.45) is 1.99. The van der Waals surface area contributed by atoms with Gasteiger partial charge < -0.3 is 19.3 Å². The summed E-state index contributed by atoms with van der Waals surface area (Å²) in [6, 6.07) is 12.0. The van der Waals surface area contributed by atoms with Crippen molar-refractivity contribution in [2.75, 3.05) is 13.9 Å². The minimum absolute atomic E-state index is 0.167. The number of aryl methyl sites for hydroxylation is 1. The van der Waals surface area contributed by atoms with Crippen LogP contribution in [-0.4, -0.2) is 19.0 Å². The predicted octanol–water partition coefficient (Wildman–Crippen LogP) is 3.90. The standard InChI is InChI=1S/C21H17NO4/c1-3-22-10-16-13(6-7-17(24-2)21(16)23)14-5-4-12-8-18-19(26-11-25-18)9-15(12)20(14)22/h4-10H,3,11H2,1-2H3/p+1. The highest BCUT2D eigenvalue weighted by atomic mass is 16.7.